The summed E-state index contributed by atoms with van der Waals surface area (Å²) in [5.74, 6) is -0.201. The van der Waals surface area contributed by atoms with Crippen molar-refractivity contribution in [1.82, 2.24) is 14.5 Å². The molecule has 1 atom stereocenters. The predicted octanol–water partition coefficient (Wildman–Crippen LogP) is 5.13. The largest absolute Gasteiger partial charge is 0.416 e. The number of halogens is 6. The fraction of sp³-hybridized carbons (Fsp3) is 0.500. The molecule has 30 heavy (non-hydrogen) atoms. The Kier molecular flexibility index (Phi) is 5.88. The zero-order chi connectivity index (χ0) is 22.3. The van der Waals surface area contributed by atoms with E-state index >= 15 is 0 Å². The molecule has 10 heteroatoms. The van der Waals surface area contributed by atoms with Crippen LogP contribution in [0.5, 0.6) is 0 Å². The van der Waals surface area contributed by atoms with Crippen molar-refractivity contribution in [3.63, 3.8) is 0 Å². The van der Waals surface area contributed by atoms with Crippen molar-refractivity contribution in [3.8, 4) is 0 Å². The molecule has 1 aliphatic rings. The van der Waals surface area contributed by atoms with Crippen molar-refractivity contribution < 1.29 is 31.1 Å². The van der Waals surface area contributed by atoms with Gasteiger partial charge in [0.05, 0.1) is 11.1 Å². The van der Waals surface area contributed by atoms with Crippen LogP contribution < -0.4 is 0 Å². The molecule has 0 saturated heterocycles. The number of alkyl halides is 6. The third kappa shape index (κ3) is 4.46. The maximum absolute atomic E-state index is 13.2. The molecule has 0 fully saturated rings. The number of aromatic nitrogens is 2. The first kappa shape index (κ1) is 22.2. The number of aryl methyl sites for hydroxylation is 1. The molecule has 0 radical (unpaired) electrons. The van der Waals surface area contributed by atoms with Gasteiger partial charge in [-0.3, -0.25) is 4.79 Å². The number of fused-ring (bicyclic) bond motifs is 1. The van der Waals surface area contributed by atoms with Crippen LogP contribution in [0.1, 0.15) is 59.2 Å². The van der Waals surface area contributed by atoms with E-state index in [-0.39, 0.29) is 29.8 Å². The number of benzene rings is 1. The Morgan fingerprint density at radius 2 is 1.63 bits per heavy atom. The van der Waals surface area contributed by atoms with Gasteiger partial charge < -0.3 is 9.47 Å². The van der Waals surface area contributed by atoms with Crippen molar-refractivity contribution in [1.29, 1.82) is 0 Å². The highest BCUT2D eigenvalue weighted by molar-refractivity contribution is 5.92. The second-order valence-electron chi connectivity index (χ2n) is 7.25. The molecule has 1 aromatic heterocycles. The minimum atomic E-state index is -4.88. The van der Waals surface area contributed by atoms with Crippen LogP contribution in [0, 0.1) is 0 Å². The molecule has 2 heterocycles. The molecule has 0 saturated carbocycles. The number of nitrogens with zero attached hydrogens (tertiary/aromatic N) is 3. The monoisotopic (exact) mass is 433 g/mol. The lowest BCUT2D eigenvalue weighted by molar-refractivity contribution is -0.143. The van der Waals surface area contributed by atoms with Crippen LogP contribution in [0.4, 0.5) is 26.3 Å². The predicted molar refractivity (Wildman–Crippen MR) is 97.0 cm³/mol. The summed E-state index contributed by atoms with van der Waals surface area (Å²) < 4.78 is 80.6. The molecule has 2 aromatic rings. The topological polar surface area (TPSA) is 38.1 Å². The highest BCUT2D eigenvalue weighted by atomic mass is 19.4. The summed E-state index contributed by atoms with van der Waals surface area (Å²) in [5.41, 5.74) is -2.43. The third-order valence-corrected chi connectivity index (χ3v) is 5.34. The van der Waals surface area contributed by atoms with Crippen LogP contribution in [0.3, 0.4) is 0 Å². The van der Waals surface area contributed by atoms with Crippen LogP contribution in [-0.2, 0) is 25.3 Å². The smallest absolute Gasteiger partial charge is 0.338 e. The van der Waals surface area contributed by atoms with Crippen LogP contribution >= 0.6 is 0 Å². The van der Waals surface area contributed by atoms with Crippen LogP contribution in [0.2, 0.25) is 0 Å². The molecular formula is C20H21F6N3O. The van der Waals surface area contributed by atoms with Crippen molar-refractivity contribution in [2.75, 3.05) is 13.1 Å². The molecule has 1 aliphatic heterocycles. The fourth-order valence-corrected chi connectivity index (χ4v) is 3.71. The summed E-state index contributed by atoms with van der Waals surface area (Å²) in [4.78, 5) is 18.4. The average Bonchev–Trinajstić information content (AvgIpc) is 3.10. The molecule has 0 unspecified atom stereocenters. The van der Waals surface area contributed by atoms with E-state index in [9.17, 15) is 31.1 Å². The molecule has 4 nitrogen and oxygen atoms in total. The Bertz CT molecular complexity index is 895. The molecule has 0 N–H and O–H groups in total. The second-order valence-corrected chi connectivity index (χ2v) is 7.25. The Hall–Kier alpha value is -2.52. The quantitative estimate of drug-likeness (QED) is 0.627. The van der Waals surface area contributed by atoms with E-state index in [4.69, 9.17) is 0 Å². The van der Waals surface area contributed by atoms with E-state index in [0.29, 0.717) is 31.8 Å². The minimum Gasteiger partial charge on any atom is -0.338 e. The highest BCUT2D eigenvalue weighted by Gasteiger charge is 2.38. The molecular weight excluding hydrogens is 412 g/mol. The number of carbonyl (C=O) groups excluding carboxylic acids is 1. The summed E-state index contributed by atoms with van der Waals surface area (Å²) >= 11 is 0. The van der Waals surface area contributed by atoms with Gasteiger partial charge in [-0.2, -0.15) is 26.3 Å². The Morgan fingerprint density at radius 1 is 1.07 bits per heavy atom. The van der Waals surface area contributed by atoms with Gasteiger partial charge in [-0.05, 0) is 44.0 Å². The average molecular weight is 433 g/mol. The summed E-state index contributed by atoms with van der Waals surface area (Å²) in [6.07, 6.45) is -7.54. The van der Waals surface area contributed by atoms with Gasteiger partial charge in [-0.1, -0.05) is 0 Å². The summed E-state index contributed by atoms with van der Waals surface area (Å²) in [6, 6.07) is 1.70. The fourth-order valence-electron chi connectivity index (χ4n) is 3.71. The van der Waals surface area contributed by atoms with Crippen LogP contribution in [0.15, 0.2) is 24.4 Å². The van der Waals surface area contributed by atoms with E-state index in [1.165, 1.54) is 6.20 Å². The number of amides is 1. The highest BCUT2D eigenvalue weighted by Crippen LogP contribution is 2.39. The van der Waals surface area contributed by atoms with Crippen molar-refractivity contribution in [2.45, 2.75) is 51.5 Å². The van der Waals surface area contributed by atoms with E-state index in [2.05, 4.69) is 4.98 Å². The molecule has 1 amide bonds. The molecule has 0 bridgehead atoms. The van der Waals surface area contributed by atoms with Crippen molar-refractivity contribution in [3.05, 3.63) is 52.6 Å². The molecule has 0 aliphatic carbocycles. The first-order valence-electron chi connectivity index (χ1n) is 9.58. The zero-order valence-corrected chi connectivity index (χ0v) is 16.4. The SMILES string of the molecule is CCN(CC)C(=O)c1cn2c(n1)CC[C@@H](c1cc(C(F)(F)F)cc(C(F)(F)F)c1)C2. The van der Waals surface area contributed by atoms with E-state index in [1.807, 2.05) is 13.8 Å². The number of hydrogen-bond acceptors (Lipinski definition) is 2. The Morgan fingerprint density at radius 3 is 2.13 bits per heavy atom. The first-order valence-corrected chi connectivity index (χ1v) is 9.58. The van der Waals surface area contributed by atoms with Crippen LogP contribution in [-0.4, -0.2) is 33.4 Å². The third-order valence-electron chi connectivity index (χ3n) is 5.34. The molecule has 1 aromatic carbocycles. The van der Waals surface area contributed by atoms with Crippen LogP contribution in [0.25, 0.3) is 0 Å². The van der Waals surface area contributed by atoms with E-state index in [0.717, 1.165) is 12.1 Å². The number of imidazole rings is 1. The maximum atomic E-state index is 13.2. The molecule has 0 spiro atoms. The summed E-state index contributed by atoms with van der Waals surface area (Å²) in [7, 11) is 0. The summed E-state index contributed by atoms with van der Waals surface area (Å²) in [5, 5.41) is 0. The standard InChI is InChI=1S/C20H21F6N3O/c1-3-28(4-2)18(30)16-11-29-10-12(5-6-17(29)27-16)13-7-14(19(21,22)23)9-15(8-13)20(24,25)26/h7-9,11-12H,3-6,10H2,1-2H3/t12-/m1/s1. The zero-order valence-electron chi connectivity index (χ0n) is 16.4. The van der Waals surface area contributed by atoms with Gasteiger partial charge in [0, 0.05) is 38.2 Å². The van der Waals surface area contributed by atoms with Crippen molar-refractivity contribution in [2.24, 2.45) is 0 Å². The van der Waals surface area contributed by atoms with E-state index < -0.39 is 29.4 Å². The van der Waals surface area contributed by atoms with Gasteiger partial charge in [0.1, 0.15) is 11.5 Å². The number of rotatable bonds is 4. The van der Waals surface area contributed by atoms with Gasteiger partial charge in [0.25, 0.3) is 5.91 Å². The van der Waals surface area contributed by atoms with E-state index in [1.54, 1.807) is 9.47 Å². The lowest BCUT2D eigenvalue weighted by Gasteiger charge is -2.25. The number of hydrogen-bond donors (Lipinski definition) is 0. The second kappa shape index (κ2) is 7.96. The molecule has 164 valence electrons. The van der Waals surface area contributed by atoms with Gasteiger partial charge in [0.15, 0.2) is 0 Å². The summed E-state index contributed by atoms with van der Waals surface area (Å²) in [6.45, 7) is 4.83. The first-order chi connectivity index (χ1) is 13.9. The van der Waals surface area contributed by atoms with Gasteiger partial charge >= 0.3 is 12.4 Å². The van der Waals surface area contributed by atoms with Gasteiger partial charge in [-0.15, -0.1) is 0 Å². The van der Waals surface area contributed by atoms with Gasteiger partial charge in [-0.25, -0.2) is 4.98 Å². The number of carbonyl (C=O) groups is 1. The lowest BCUT2D eigenvalue weighted by Crippen LogP contribution is -2.30. The van der Waals surface area contributed by atoms with Gasteiger partial charge in [0.2, 0.25) is 0 Å². The Balaban J connectivity index is 1.92. The molecule has 3 rings (SSSR count). The lowest BCUT2D eigenvalue weighted by atomic mass is 9.89. The minimum absolute atomic E-state index is 0.0203. The normalized spacial score (nSPS) is 17.0. The Labute approximate surface area is 169 Å². The maximum Gasteiger partial charge on any atom is 0.416 e. The van der Waals surface area contributed by atoms with Crippen molar-refractivity contribution >= 4 is 5.91 Å².